The lowest BCUT2D eigenvalue weighted by Crippen LogP contribution is -2.36. The van der Waals surface area contributed by atoms with E-state index in [1.807, 2.05) is 23.1 Å². The van der Waals surface area contributed by atoms with E-state index in [1.165, 1.54) is 12.5 Å². The number of carbonyl (C=O) groups excluding carboxylic acids is 1. The van der Waals surface area contributed by atoms with Gasteiger partial charge >= 0.3 is 0 Å². The second kappa shape index (κ2) is 10.2. The first kappa shape index (κ1) is 21.9. The Bertz CT molecular complexity index is 743. The molecule has 3 rings (SSSR count). The van der Waals surface area contributed by atoms with Crippen molar-refractivity contribution in [1.82, 2.24) is 10.2 Å². The summed E-state index contributed by atoms with van der Waals surface area (Å²) in [5.74, 6) is 0.637. The molecule has 1 amide bonds. The van der Waals surface area contributed by atoms with Gasteiger partial charge in [0, 0.05) is 27.8 Å². The topological polar surface area (TPSA) is 32.3 Å². The second-order valence-electron chi connectivity index (χ2n) is 7.26. The fourth-order valence-electron chi connectivity index (χ4n) is 3.43. The Morgan fingerprint density at radius 2 is 2.07 bits per heavy atom. The third kappa shape index (κ3) is 5.77. The number of hydrogen-bond donors (Lipinski definition) is 1. The van der Waals surface area contributed by atoms with Gasteiger partial charge in [0.05, 0.1) is 6.54 Å². The van der Waals surface area contributed by atoms with Crippen LogP contribution >= 0.6 is 23.7 Å². The summed E-state index contributed by atoms with van der Waals surface area (Å²) in [5.41, 5.74) is 0.625. The molecule has 0 radical (unpaired) electrons. The van der Waals surface area contributed by atoms with E-state index in [9.17, 15) is 9.18 Å². The van der Waals surface area contributed by atoms with E-state index in [0.29, 0.717) is 24.4 Å². The van der Waals surface area contributed by atoms with E-state index in [4.69, 9.17) is 0 Å². The minimum absolute atomic E-state index is 0. The Morgan fingerprint density at radius 3 is 2.74 bits per heavy atom. The molecule has 1 aromatic carbocycles. The molecule has 148 valence electrons. The lowest BCUT2D eigenvalue weighted by Gasteiger charge is -2.27. The Morgan fingerprint density at radius 1 is 1.30 bits per heavy atom. The van der Waals surface area contributed by atoms with E-state index in [0.717, 1.165) is 29.3 Å². The molecule has 1 saturated heterocycles. The molecule has 3 nitrogen and oxygen atoms in total. The maximum atomic E-state index is 14.0. The predicted molar refractivity (Wildman–Crippen MR) is 113 cm³/mol. The van der Waals surface area contributed by atoms with Gasteiger partial charge in [-0.2, -0.15) is 0 Å². The molecule has 27 heavy (non-hydrogen) atoms. The third-order valence-electron chi connectivity index (χ3n) is 5.00. The molecule has 1 unspecified atom stereocenters. The molecular formula is C21H28ClFN2OS. The van der Waals surface area contributed by atoms with Crippen LogP contribution in [0.15, 0.2) is 36.4 Å². The highest BCUT2D eigenvalue weighted by molar-refractivity contribution is 7.15. The summed E-state index contributed by atoms with van der Waals surface area (Å²) in [7, 11) is 0. The zero-order valence-electron chi connectivity index (χ0n) is 15.9. The van der Waals surface area contributed by atoms with Crippen LogP contribution in [0.5, 0.6) is 0 Å². The smallest absolute Gasteiger partial charge is 0.223 e. The van der Waals surface area contributed by atoms with Crippen LogP contribution in [0.25, 0.3) is 10.4 Å². The van der Waals surface area contributed by atoms with Crippen molar-refractivity contribution in [3.63, 3.8) is 0 Å². The molecule has 0 bridgehead atoms. The van der Waals surface area contributed by atoms with Crippen LogP contribution < -0.4 is 5.32 Å². The van der Waals surface area contributed by atoms with Crippen molar-refractivity contribution in [2.45, 2.75) is 45.7 Å². The number of thiophene rings is 1. The Labute approximate surface area is 171 Å². The summed E-state index contributed by atoms with van der Waals surface area (Å²) in [6, 6.07) is 10.9. The van der Waals surface area contributed by atoms with Crippen LogP contribution in [-0.4, -0.2) is 29.9 Å². The largest absolute Gasteiger partial charge is 0.335 e. The van der Waals surface area contributed by atoms with Crippen LogP contribution in [0.1, 0.15) is 38.0 Å². The number of nitrogens with one attached hydrogen (secondary N) is 1. The average Bonchev–Trinajstić information content (AvgIpc) is 3.29. The van der Waals surface area contributed by atoms with Gasteiger partial charge in [-0.1, -0.05) is 18.2 Å². The van der Waals surface area contributed by atoms with E-state index in [2.05, 4.69) is 19.2 Å². The van der Waals surface area contributed by atoms with Crippen molar-refractivity contribution < 1.29 is 9.18 Å². The first-order chi connectivity index (χ1) is 12.5. The van der Waals surface area contributed by atoms with Crippen molar-refractivity contribution in [1.29, 1.82) is 0 Å². The number of amides is 1. The number of halogens is 2. The van der Waals surface area contributed by atoms with Crippen molar-refractivity contribution in [3.8, 4) is 10.4 Å². The molecule has 0 saturated carbocycles. The van der Waals surface area contributed by atoms with Crippen molar-refractivity contribution in [2.24, 2.45) is 5.92 Å². The second-order valence-corrected chi connectivity index (χ2v) is 8.43. The molecule has 1 aliphatic heterocycles. The molecule has 1 aromatic heterocycles. The highest BCUT2D eigenvalue weighted by atomic mass is 35.5. The highest BCUT2D eigenvalue weighted by Crippen LogP contribution is 2.31. The van der Waals surface area contributed by atoms with Gasteiger partial charge in [-0.25, -0.2) is 4.39 Å². The first-order valence-corrected chi connectivity index (χ1v) is 10.2. The molecule has 2 aromatic rings. The summed E-state index contributed by atoms with van der Waals surface area (Å²) >= 11 is 1.56. The molecule has 1 aliphatic rings. The van der Waals surface area contributed by atoms with Gasteiger partial charge in [0.15, 0.2) is 0 Å². The maximum Gasteiger partial charge on any atom is 0.223 e. The van der Waals surface area contributed by atoms with Crippen LogP contribution in [0, 0.1) is 11.7 Å². The zero-order valence-corrected chi connectivity index (χ0v) is 17.5. The van der Waals surface area contributed by atoms with Gasteiger partial charge in [0.2, 0.25) is 5.91 Å². The summed E-state index contributed by atoms with van der Waals surface area (Å²) in [6.45, 7) is 6.81. The van der Waals surface area contributed by atoms with Gasteiger partial charge in [-0.3, -0.25) is 4.79 Å². The Hall–Kier alpha value is -1.43. The summed E-state index contributed by atoms with van der Waals surface area (Å²) in [4.78, 5) is 16.7. The zero-order chi connectivity index (χ0) is 18.5. The standard InChI is InChI=1S/C21H27FN2OS.ClH/c1-15(2)24(21(25)10-7-16-11-12-23-13-16)14-17-8-9-20(26-17)18-5-3-4-6-19(18)22;/h3-6,8-9,15-16,23H,7,10-14H2,1-2H3;1H. The lowest BCUT2D eigenvalue weighted by molar-refractivity contribution is -0.133. The van der Waals surface area contributed by atoms with E-state index >= 15 is 0 Å². The molecular weight excluding hydrogens is 383 g/mol. The fourth-order valence-corrected chi connectivity index (χ4v) is 4.46. The van der Waals surface area contributed by atoms with Gasteiger partial charge in [0.1, 0.15) is 5.82 Å². The SMILES string of the molecule is CC(C)N(Cc1ccc(-c2ccccc2F)s1)C(=O)CCC1CCNC1.Cl. The number of rotatable bonds is 7. The minimum Gasteiger partial charge on any atom is -0.335 e. The maximum absolute atomic E-state index is 14.0. The summed E-state index contributed by atoms with van der Waals surface area (Å²) in [5, 5.41) is 3.36. The van der Waals surface area contributed by atoms with Crippen molar-refractivity contribution >= 4 is 29.7 Å². The average molecular weight is 411 g/mol. The van der Waals surface area contributed by atoms with Gasteiger partial charge in [0.25, 0.3) is 0 Å². The van der Waals surface area contributed by atoms with Gasteiger partial charge in [-0.15, -0.1) is 23.7 Å². The van der Waals surface area contributed by atoms with Gasteiger partial charge in [-0.05, 0) is 63.9 Å². The summed E-state index contributed by atoms with van der Waals surface area (Å²) < 4.78 is 14.0. The Balaban J connectivity index is 0.00000261. The van der Waals surface area contributed by atoms with Crippen LogP contribution in [-0.2, 0) is 11.3 Å². The molecule has 1 fully saturated rings. The molecule has 6 heteroatoms. The van der Waals surface area contributed by atoms with Crippen LogP contribution in [0.4, 0.5) is 4.39 Å². The first-order valence-electron chi connectivity index (χ1n) is 9.38. The molecule has 0 spiro atoms. The fraction of sp³-hybridized carbons (Fsp3) is 0.476. The lowest BCUT2D eigenvalue weighted by atomic mass is 10.0. The van der Waals surface area contributed by atoms with E-state index < -0.39 is 0 Å². The van der Waals surface area contributed by atoms with Crippen LogP contribution in [0.3, 0.4) is 0 Å². The van der Waals surface area contributed by atoms with Crippen LogP contribution in [0.2, 0.25) is 0 Å². The minimum atomic E-state index is -0.206. The Kier molecular flexibility index (Phi) is 8.27. The van der Waals surface area contributed by atoms with Gasteiger partial charge < -0.3 is 10.2 Å². The molecule has 1 N–H and O–H groups in total. The normalized spacial score (nSPS) is 16.4. The number of nitrogens with zero attached hydrogens (tertiary/aromatic N) is 1. The third-order valence-corrected chi connectivity index (χ3v) is 6.10. The summed E-state index contributed by atoms with van der Waals surface area (Å²) in [6.07, 6.45) is 2.74. The molecule has 2 heterocycles. The van der Waals surface area contributed by atoms with Crippen molar-refractivity contribution in [3.05, 3.63) is 47.1 Å². The monoisotopic (exact) mass is 410 g/mol. The molecule has 0 aliphatic carbocycles. The number of benzene rings is 1. The highest BCUT2D eigenvalue weighted by Gasteiger charge is 2.21. The predicted octanol–water partition coefficient (Wildman–Crippen LogP) is 5.10. The quantitative estimate of drug-likeness (QED) is 0.688. The molecule has 1 atom stereocenters. The van der Waals surface area contributed by atoms with E-state index in [-0.39, 0.29) is 30.2 Å². The van der Waals surface area contributed by atoms with Crippen molar-refractivity contribution in [2.75, 3.05) is 13.1 Å². The van der Waals surface area contributed by atoms with E-state index in [1.54, 1.807) is 23.5 Å². The number of hydrogen-bond acceptors (Lipinski definition) is 3. The number of carbonyl (C=O) groups is 1.